The fraction of sp³-hybridized carbons (Fsp3) is 0.292. The van der Waals surface area contributed by atoms with E-state index in [1.54, 1.807) is 12.1 Å². The number of thiazole rings is 1. The van der Waals surface area contributed by atoms with Crippen LogP contribution in [-0.4, -0.2) is 59.3 Å². The van der Waals surface area contributed by atoms with Crippen LogP contribution < -0.4 is 5.32 Å². The zero-order valence-electron chi connectivity index (χ0n) is 17.9. The van der Waals surface area contributed by atoms with Gasteiger partial charge >= 0.3 is 0 Å². The fourth-order valence-corrected chi connectivity index (χ4v) is 4.42. The van der Waals surface area contributed by atoms with E-state index in [-0.39, 0.29) is 24.2 Å². The summed E-state index contributed by atoms with van der Waals surface area (Å²) in [5.74, 6) is -0.307. The predicted octanol–water partition coefficient (Wildman–Crippen LogP) is 3.58. The first kappa shape index (κ1) is 22.1. The molecule has 0 aliphatic carbocycles. The van der Waals surface area contributed by atoms with E-state index < -0.39 is 0 Å². The van der Waals surface area contributed by atoms with Crippen molar-refractivity contribution >= 4 is 28.3 Å². The van der Waals surface area contributed by atoms with Crippen LogP contribution >= 0.6 is 11.3 Å². The first-order chi connectivity index (χ1) is 15.5. The number of nitrogens with zero attached hydrogens (tertiary/aromatic N) is 3. The second-order valence-corrected chi connectivity index (χ2v) is 8.71. The number of hydrogen-bond donors (Lipinski definition) is 1. The Morgan fingerprint density at radius 3 is 2.50 bits per heavy atom. The number of anilines is 1. The Bertz CT molecular complexity index is 1090. The van der Waals surface area contributed by atoms with Crippen LogP contribution in [0.15, 0.2) is 53.9 Å². The van der Waals surface area contributed by atoms with Crippen LogP contribution in [0, 0.1) is 12.7 Å². The molecule has 0 atom stereocenters. The van der Waals surface area contributed by atoms with Crippen LogP contribution in [0.25, 0.3) is 11.3 Å². The molecule has 0 bridgehead atoms. The van der Waals surface area contributed by atoms with Crippen molar-refractivity contribution in [2.45, 2.75) is 13.3 Å². The normalized spacial score (nSPS) is 14.4. The highest BCUT2D eigenvalue weighted by Gasteiger charge is 2.23. The lowest BCUT2D eigenvalue weighted by Gasteiger charge is -2.34. The summed E-state index contributed by atoms with van der Waals surface area (Å²) in [6.45, 7) is 4.82. The molecule has 0 unspecified atom stereocenters. The quantitative estimate of drug-likeness (QED) is 0.621. The van der Waals surface area contributed by atoms with Crippen molar-refractivity contribution in [1.82, 2.24) is 14.8 Å². The van der Waals surface area contributed by atoms with Gasteiger partial charge in [-0.05, 0) is 42.3 Å². The van der Waals surface area contributed by atoms with E-state index in [2.05, 4.69) is 10.3 Å². The van der Waals surface area contributed by atoms with Crippen LogP contribution in [0.4, 0.5) is 9.52 Å². The maximum atomic E-state index is 13.1. The van der Waals surface area contributed by atoms with Crippen LogP contribution in [0.2, 0.25) is 0 Å². The van der Waals surface area contributed by atoms with Crippen molar-refractivity contribution in [2.75, 3.05) is 38.0 Å². The Hall–Kier alpha value is -3.10. The molecule has 0 radical (unpaired) electrons. The van der Waals surface area contributed by atoms with Crippen LogP contribution in [0.5, 0.6) is 0 Å². The third-order valence-electron chi connectivity index (χ3n) is 5.59. The molecule has 166 valence electrons. The zero-order valence-corrected chi connectivity index (χ0v) is 18.7. The minimum Gasteiger partial charge on any atom is -0.340 e. The van der Waals surface area contributed by atoms with E-state index in [4.69, 9.17) is 0 Å². The second kappa shape index (κ2) is 10.0. The van der Waals surface area contributed by atoms with Gasteiger partial charge in [-0.1, -0.05) is 24.3 Å². The molecule has 1 aliphatic rings. The monoisotopic (exact) mass is 452 g/mol. The van der Waals surface area contributed by atoms with E-state index in [0.29, 0.717) is 43.4 Å². The number of aromatic nitrogens is 1. The molecule has 2 aromatic carbocycles. The van der Waals surface area contributed by atoms with Crippen molar-refractivity contribution in [2.24, 2.45) is 0 Å². The van der Waals surface area contributed by atoms with Gasteiger partial charge in [-0.25, -0.2) is 9.37 Å². The first-order valence-corrected chi connectivity index (χ1v) is 11.4. The molecule has 1 saturated heterocycles. The molecular weight excluding hydrogens is 427 g/mol. The van der Waals surface area contributed by atoms with E-state index in [9.17, 15) is 14.0 Å². The van der Waals surface area contributed by atoms with Crippen molar-refractivity contribution in [1.29, 1.82) is 0 Å². The Kier molecular flexibility index (Phi) is 6.92. The molecule has 1 aromatic heterocycles. The molecule has 4 rings (SSSR count). The number of aryl methyl sites for hydroxylation is 1. The van der Waals surface area contributed by atoms with Crippen molar-refractivity contribution < 1.29 is 14.0 Å². The summed E-state index contributed by atoms with van der Waals surface area (Å²) in [7, 11) is 0. The molecule has 1 N–H and O–H groups in total. The van der Waals surface area contributed by atoms with Gasteiger partial charge < -0.3 is 10.2 Å². The topological polar surface area (TPSA) is 65.5 Å². The van der Waals surface area contributed by atoms with Gasteiger partial charge in [0, 0.05) is 37.1 Å². The summed E-state index contributed by atoms with van der Waals surface area (Å²) >= 11 is 1.34. The number of carbonyl (C=O) groups is 2. The molecule has 2 heterocycles. The summed E-state index contributed by atoms with van der Waals surface area (Å²) in [4.78, 5) is 33.4. The van der Waals surface area contributed by atoms with E-state index in [1.807, 2.05) is 46.4 Å². The maximum absolute atomic E-state index is 13.1. The molecule has 0 saturated carbocycles. The minimum absolute atomic E-state index is 0.125. The van der Waals surface area contributed by atoms with Gasteiger partial charge in [0.05, 0.1) is 18.7 Å². The van der Waals surface area contributed by atoms with Gasteiger partial charge in [0.25, 0.3) is 0 Å². The van der Waals surface area contributed by atoms with Crippen LogP contribution in [0.1, 0.15) is 11.1 Å². The fourth-order valence-electron chi connectivity index (χ4n) is 3.68. The van der Waals surface area contributed by atoms with Gasteiger partial charge in [0.1, 0.15) is 5.82 Å². The minimum atomic E-state index is -0.297. The maximum Gasteiger partial charge on any atom is 0.240 e. The summed E-state index contributed by atoms with van der Waals surface area (Å²) in [6, 6.07) is 14.0. The van der Waals surface area contributed by atoms with Crippen LogP contribution in [0.3, 0.4) is 0 Å². The summed E-state index contributed by atoms with van der Waals surface area (Å²) in [5.41, 5.74) is 3.68. The molecule has 3 aromatic rings. The average Bonchev–Trinajstić information content (AvgIpc) is 3.24. The third kappa shape index (κ3) is 5.57. The molecule has 2 amide bonds. The van der Waals surface area contributed by atoms with Gasteiger partial charge in [0.15, 0.2) is 5.13 Å². The van der Waals surface area contributed by atoms with Gasteiger partial charge in [0.2, 0.25) is 11.8 Å². The van der Waals surface area contributed by atoms with Gasteiger partial charge in [-0.3, -0.25) is 14.5 Å². The second-order valence-electron chi connectivity index (χ2n) is 7.85. The lowest BCUT2D eigenvalue weighted by atomic mass is 10.1. The largest absolute Gasteiger partial charge is 0.340 e. The van der Waals surface area contributed by atoms with Gasteiger partial charge in [-0.15, -0.1) is 11.3 Å². The molecule has 0 spiro atoms. The smallest absolute Gasteiger partial charge is 0.240 e. The summed E-state index contributed by atoms with van der Waals surface area (Å²) < 4.78 is 13.1. The molecule has 1 aliphatic heterocycles. The van der Waals surface area contributed by atoms with Crippen molar-refractivity contribution in [3.63, 3.8) is 0 Å². The lowest BCUT2D eigenvalue weighted by molar-refractivity contribution is -0.132. The molecular formula is C24H25FN4O2S. The number of hydrogen-bond acceptors (Lipinski definition) is 5. The van der Waals surface area contributed by atoms with Crippen molar-refractivity contribution in [3.05, 3.63) is 70.9 Å². The number of benzene rings is 2. The summed E-state index contributed by atoms with van der Waals surface area (Å²) in [5, 5.41) is 5.19. The molecule has 1 fully saturated rings. The predicted molar refractivity (Wildman–Crippen MR) is 124 cm³/mol. The highest BCUT2D eigenvalue weighted by Crippen LogP contribution is 2.25. The number of nitrogens with one attached hydrogen (secondary N) is 1. The SMILES string of the molecule is Cc1ccccc1CC(=O)N1CCN(CC(=O)Nc2nc(-c3ccc(F)cc3)cs2)CC1. The third-order valence-corrected chi connectivity index (χ3v) is 6.34. The Morgan fingerprint density at radius 1 is 1.06 bits per heavy atom. The number of piperazine rings is 1. The number of amides is 2. The number of halogens is 1. The molecule has 32 heavy (non-hydrogen) atoms. The lowest BCUT2D eigenvalue weighted by Crippen LogP contribution is -2.50. The Labute approximate surface area is 190 Å². The highest BCUT2D eigenvalue weighted by atomic mass is 32.1. The Balaban J connectivity index is 1.24. The molecule has 6 nitrogen and oxygen atoms in total. The van der Waals surface area contributed by atoms with E-state index in [0.717, 1.165) is 16.7 Å². The van der Waals surface area contributed by atoms with E-state index >= 15 is 0 Å². The Morgan fingerprint density at radius 2 is 1.78 bits per heavy atom. The zero-order chi connectivity index (χ0) is 22.5. The van der Waals surface area contributed by atoms with Crippen molar-refractivity contribution in [3.8, 4) is 11.3 Å². The van der Waals surface area contributed by atoms with E-state index in [1.165, 1.54) is 23.5 Å². The van der Waals surface area contributed by atoms with Gasteiger partial charge in [-0.2, -0.15) is 0 Å². The highest BCUT2D eigenvalue weighted by molar-refractivity contribution is 7.14. The van der Waals surface area contributed by atoms with Crippen LogP contribution in [-0.2, 0) is 16.0 Å². The average molecular weight is 453 g/mol. The number of rotatable bonds is 6. The standard InChI is InChI=1S/C24H25FN4O2S/c1-17-4-2-3-5-19(17)14-23(31)29-12-10-28(11-13-29)15-22(30)27-24-26-21(16-32-24)18-6-8-20(25)9-7-18/h2-9,16H,10-15H2,1H3,(H,26,27,30). The first-order valence-electron chi connectivity index (χ1n) is 10.5. The summed E-state index contributed by atoms with van der Waals surface area (Å²) in [6.07, 6.45) is 0.410. The number of carbonyl (C=O) groups excluding carboxylic acids is 2. The molecule has 8 heteroatoms.